The van der Waals surface area contributed by atoms with E-state index in [4.69, 9.17) is 10.7 Å². The number of thiophene rings is 1. The molecule has 1 unspecified atom stereocenters. The normalized spacial score (nSPS) is 18.7. The van der Waals surface area contributed by atoms with Crippen molar-refractivity contribution in [1.82, 2.24) is 9.97 Å². The van der Waals surface area contributed by atoms with Crippen LogP contribution in [0.5, 0.6) is 0 Å². The van der Waals surface area contributed by atoms with Crippen molar-refractivity contribution in [3.63, 3.8) is 0 Å². The monoisotopic (exact) mass is 323 g/mol. The van der Waals surface area contributed by atoms with Crippen LogP contribution in [0, 0.1) is 5.92 Å². The average molecular weight is 324 g/mol. The standard InChI is InChI=1S/C13H14BrN3S/c14-10-4-12(18-7-10)13-16-6-9-3-8(5-15)1-2-11(9)17-13/h4,6-8H,1-3,5,15H2. The van der Waals surface area contributed by atoms with Crippen molar-refractivity contribution in [2.24, 2.45) is 11.7 Å². The summed E-state index contributed by atoms with van der Waals surface area (Å²) >= 11 is 5.13. The van der Waals surface area contributed by atoms with Gasteiger partial charge in [0, 0.05) is 21.7 Å². The second-order valence-electron chi connectivity index (χ2n) is 4.64. The molecule has 94 valence electrons. The lowest BCUT2D eigenvalue weighted by Gasteiger charge is -2.22. The number of rotatable bonds is 2. The highest BCUT2D eigenvalue weighted by Crippen LogP contribution is 2.29. The fourth-order valence-corrected chi connectivity index (χ4v) is 3.70. The predicted molar refractivity (Wildman–Crippen MR) is 77.6 cm³/mol. The number of nitrogens with two attached hydrogens (primary N) is 1. The Kier molecular flexibility index (Phi) is 3.46. The molecule has 0 saturated carbocycles. The number of halogens is 1. The SMILES string of the molecule is NCC1CCc2nc(-c3cc(Br)cs3)ncc2C1. The van der Waals surface area contributed by atoms with Crippen molar-refractivity contribution >= 4 is 27.3 Å². The largest absolute Gasteiger partial charge is 0.330 e. The summed E-state index contributed by atoms with van der Waals surface area (Å²) in [5.74, 6) is 1.44. The zero-order chi connectivity index (χ0) is 12.5. The first kappa shape index (κ1) is 12.3. The molecule has 1 aliphatic rings. The van der Waals surface area contributed by atoms with Gasteiger partial charge in [-0.05, 0) is 59.3 Å². The van der Waals surface area contributed by atoms with Crippen LogP contribution in [-0.2, 0) is 12.8 Å². The minimum atomic E-state index is 0.600. The Bertz CT molecular complexity index is 567. The molecule has 2 aromatic heterocycles. The van der Waals surface area contributed by atoms with Crippen LogP contribution in [0.1, 0.15) is 17.7 Å². The number of hydrogen-bond acceptors (Lipinski definition) is 4. The van der Waals surface area contributed by atoms with E-state index in [-0.39, 0.29) is 0 Å². The van der Waals surface area contributed by atoms with Gasteiger partial charge in [0.2, 0.25) is 0 Å². The molecule has 0 spiro atoms. The van der Waals surface area contributed by atoms with E-state index in [1.165, 1.54) is 11.3 Å². The minimum absolute atomic E-state index is 0.600. The highest BCUT2D eigenvalue weighted by atomic mass is 79.9. The summed E-state index contributed by atoms with van der Waals surface area (Å²) in [6.45, 7) is 0.763. The van der Waals surface area contributed by atoms with Crippen LogP contribution in [0.3, 0.4) is 0 Å². The van der Waals surface area contributed by atoms with Gasteiger partial charge in [-0.3, -0.25) is 0 Å². The van der Waals surface area contributed by atoms with Crippen molar-refractivity contribution < 1.29 is 0 Å². The van der Waals surface area contributed by atoms with Crippen molar-refractivity contribution in [3.05, 3.63) is 33.4 Å². The van der Waals surface area contributed by atoms with E-state index in [2.05, 4.69) is 32.4 Å². The minimum Gasteiger partial charge on any atom is -0.330 e. The quantitative estimate of drug-likeness (QED) is 0.924. The first-order chi connectivity index (χ1) is 8.76. The molecule has 1 aliphatic carbocycles. The van der Waals surface area contributed by atoms with Crippen LogP contribution in [0.25, 0.3) is 10.7 Å². The maximum absolute atomic E-state index is 5.74. The second-order valence-corrected chi connectivity index (χ2v) is 6.47. The lowest BCUT2D eigenvalue weighted by atomic mass is 9.87. The van der Waals surface area contributed by atoms with E-state index in [1.54, 1.807) is 11.3 Å². The molecular weight excluding hydrogens is 310 g/mol. The Morgan fingerprint density at radius 1 is 1.50 bits per heavy atom. The number of aromatic nitrogens is 2. The van der Waals surface area contributed by atoms with E-state index in [0.29, 0.717) is 5.92 Å². The maximum Gasteiger partial charge on any atom is 0.169 e. The third-order valence-electron chi connectivity index (χ3n) is 3.37. The summed E-state index contributed by atoms with van der Waals surface area (Å²) in [6.07, 6.45) is 5.18. The van der Waals surface area contributed by atoms with Gasteiger partial charge in [-0.1, -0.05) is 0 Å². The van der Waals surface area contributed by atoms with Gasteiger partial charge in [0.05, 0.1) is 4.88 Å². The molecule has 0 radical (unpaired) electrons. The molecule has 3 nitrogen and oxygen atoms in total. The van der Waals surface area contributed by atoms with E-state index in [0.717, 1.165) is 41.0 Å². The number of fused-ring (bicyclic) bond motifs is 1. The summed E-state index contributed by atoms with van der Waals surface area (Å²) in [7, 11) is 0. The van der Waals surface area contributed by atoms with Crippen molar-refractivity contribution in [2.45, 2.75) is 19.3 Å². The first-order valence-corrected chi connectivity index (χ1v) is 7.73. The van der Waals surface area contributed by atoms with Crippen LogP contribution in [0.15, 0.2) is 22.1 Å². The molecule has 3 rings (SSSR count). The predicted octanol–water partition coefficient (Wildman–Crippen LogP) is 3.03. The third kappa shape index (κ3) is 2.35. The summed E-state index contributed by atoms with van der Waals surface area (Å²) in [4.78, 5) is 10.3. The summed E-state index contributed by atoms with van der Waals surface area (Å²) in [6, 6.07) is 2.07. The molecule has 2 heterocycles. The second kappa shape index (κ2) is 5.07. The Balaban J connectivity index is 1.92. The van der Waals surface area contributed by atoms with Crippen molar-refractivity contribution in [3.8, 4) is 10.7 Å². The molecule has 1 atom stereocenters. The molecular formula is C13H14BrN3S. The third-order valence-corrected chi connectivity index (χ3v) is 5.06. The van der Waals surface area contributed by atoms with Crippen LogP contribution in [0.2, 0.25) is 0 Å². The van der Waals surface area contributed by atoms with Gasteiger partial charge in [-0.25, -0.2) is 9.97 Å². The number of aryl methyl sites for hydroxylation is 1. The Labute approximate surface area is 119 Å². The van der Waals surface area contributed by atoms with Gasteiger partial charge in [-0.15, -0.1) is 11.3 Å². The maximum atomic E-state index is 5.74. The highest BCUT2D eigenvalue weighted by molar-refractivity contribution is 9.10. The van der Waals surface area contributed by atoms with E-state index in [1.807, 2.05) is 6.20 Å². The van der Waals surface area contributed by atoms with Crippen molar-refractivity contribution in [2.75, 3.05) is 6.54 Å². The Hall–Kier alpha value is -0.780. The molecule has 2 aromatic rings. The molecule has 5 heteroatoms. The number of nitrogens with zero attached hydrogens (tertiary/aromatic N) is 2. The van der Waals surface area contributed by atoms with Gasteiger partial charge in [0.1, 0.15) is 0 Å². The fraction of sp³-hybridized carbons (Fsp3) is 0.385. The smallest absolute Gasteiger partial charge is 0.169 e. The fourth-order valence-electron chi connectivity index (χ4n) is 2.33. The molecule has 2 N–H and O–H groups in total. The topological polar surface area (TPSA) is 51.8 Å². The summed E-state index contributed by atoms with van der Waals surface area (Å²) in [5, 5.41) is 2.06. The molecule has 0 aromatic carbocycles. The molecule has 0 amide bonds. The first-order valence-electron chi connectivity index (χ1n) is 6.05. The van der Waals surface area contributed by atoms with E-state index >= 15 is 0 Å². The highest BCUT2D eigenvalue weighted by Gasteiger charge is 2.19. The molecule has 0 saturated heterocycles. The van der Waals surface area contributed by atoms with E-state index < -0.39 is 0 Å². The van der Waals surface area contributed by atoms with Gasteiger partial charge in [0.15, 0.2) is 5.82 Å². The van der Waals surface area contributed by atoms with Crippen LogP contribution in [0.4, 0.5) is 0 Å². The summed E-state index contributed by atoms with van der Waals surface area (Å²) in [5.41, 5.74) is 8.22. The zero-order valence-electron chi connectivity index (χ0n) is 9.90. The van der Waals surface area contributed by atoms with Crippen molar-refractivity contribution in [1.29, 1.82) is 0 Å². The molecule has 0 fully saturated rings. The van der Waals surface area contributed by atoms with Crippen LogP contribution < -0.4 is 5.73 Å². The lowest BCUT2D eigenvalue weighted by molar-refractivity contribution is 0.462. The van der Waals surface area contributed by atoms with Gasteiger partial charge >= 0.3 is 0 Å². The average Bonchev–Trinajstić information content (AvgIpc) is 2.84. The number of hydrogen-bond donors (Lipinski definition) is 1. The molecule has 18 heavy (non-hydrogen) atoms. The zero-order valence-corrected chi connectivity index (χ0v) is 12.3. The van der Waals surface area contributed by atoms with Crippen LogP contribution >= 0.6 is 27.3 Å². The van der Waals surface area contributed by atoms with E-state index in [9.17, 15) is 0 Å². The lowest BCUT2D eigenvalue weighted by Crippen LogP contribution is -2.23. The Morgan fingerprint density at radius 3 is 3.11 bits per heavy atom. The Morgan fingerprint density at radius 2 is 2.39 bits per heavy atom. The van der Waals surface area contributed by atoms with Gasteiger partial charge in [0.25, 0.3) is 0 Å². The summed E-state index contributed by atoms with van der Waals surface area (Å²) < 4.78 is 1.09. The molecule has 0 aliphatic heterocycles. The molecule has 0 bridgehead atoms. The van der Waals surface area contributed by atoms with Gasteiger partial charge in [-0.2, -0.15) is 0 Å². The van der Waals surface area contributed by atoms with Gasteiger partial charge < -0.3 is 5.73 Å². The van der Waals surface area contributed by atoms with Crippen LogP contribution in [-0.4, -0.2) is 16.5 Å².